The van der Waals surface area contributed by atoms with Gasteiger partial charge >= 0.3 is 12.0 Å². The van der Waals surface area contributed by atoms with E-state index < -0.39 is 5.97 Å². The first-order chi connectivity index (χ1) is 11.9. The van der Waals surface area contributed by atoms with Crippen LogP contribution in [0.5, 0.6) is 0 Å². The summed E-state index contributed by atoms with van der Waals surface area (Å²) in [4.78, 5) is 23.2. The number of aromatic nitrogens is 2. The number of carboxylic acids is 1. The standard InChI is InChI=1S/C18H30N4O3/c1-4-16-15(11-19-22(16)10-9-12(2)3)21-18(25)20-14-7-5-13(6-8-14)17(23)24/h11-14H,4-10H2,1-3H3,(H,23,24)(H2,20,21,25). The topological polar surface area (TPSA) is 96.2 Å². The molecule has 2 rings (SSSR count). The van der Waals surface area contributed by atoms with Gasteiger partial charge in [0.1, 0.15) is 0 Å². The van der Waals surface area contributed by atoms with Crippen molar-refractivity contribution in [3.63, 3.8) is 0 Å². The Hall–Kier alpha value is -2.05. The SMILES string of the molecule is CCc1c(NC(=O)NC2CCC(C(=O)O)CC2)cnn1CCC(C)C. The molecule has 1 aliphatic rings. The summed E-state index contributed by atoms with van der Waals surface area (Å²) in [5.74, 6) is -0.397. The fraction of sp³-hybridized carbons (Fsp3) is 0.722. The van der Waals surface area contributed by atoms with E-state index in [9.17, 15) is 9.59 Å². The molecule has 7 nitrogen and oxygen atoms in total. The molecule has 0 atom stereocenters. The number of amides is 2. The highest BCUT2D eigenvalue weighted by atomic mass is 16.4. The Balaban J connectivity index is 1.87. The zero-order valence-corrected chi connectivity index (χ0v) is 15.4. The number of aliphatic carboxylic acids is 1. The minimum Gasteiger partial charge on any atom is -0.481 e. The van der Waals surface area contributed by atoms with Gasteiger partial charge in [-0.15, -0.1) is 0 Å². The molecule has 0 bridgehead atoms. The van der Waals surface area contributed by atoms with Gasteiger partial charge in [0, 0.05) is 12.6 Å². The highest BCUT2D eigenvalue weighted by Crippen LogP contribution is 2.24. The third-order valence-electron chi connectivity index (χ3n) is 4.86. The van der Waals surface area contributed by atoms with Gasteiger partial charge in [0.25, 0.3) is 0 Å². The minimum atomic E-state index is -0.732. The molecule has 1 saturated carbocycles. The van der Waals surface area contributed by atoms with Crippen LogP contribution in [0.25, 0.3) is 0 Å². The van der Waals surface area contributed by atoms with Gasteiger partial charge in [0.2, 0.25) is 0 Å². The molecule has 0 aromatic carbocycles. The molecule has 2 amide bonds. The quantitative estimate of drug-likeness (QED) is 0.703. The molecular formula is C18H30N4O3. The number of hydrogen-bond donors (Lipinski definition) is 3. The molecule has 0 aliphatic heterocycles. The Kier molecular flexibility index (Phi) is 6.84. The van der Waals surface area contributed by atoms with E-state index in [4.69, 9.17) is 5.11 Å². The van der Waals surface area contributed by atoms with Gasteiger partial charge in [-0.05, 0) is 44.4 Å². The van der Waals surface area contributed by atoms with Crippen LogP contribution < -0.4 is 10.6 Å². The third kappa shape index (κ3) is 5.47. The van der Waals surface area contributed by atoms with Crippen molar-refractivity contribution < 1.29 is 14.7 Å². The average molecular weight is 350 g/mol. The predicted octanol–water partition coefficient (Wildman–Crippen LogP) is 3.26. The Morgan fingerprint density at radius 1 is 1.32 bits per heavy atom. The van der Waals surface area contributed by atoms with Gasteiger partial charge in [-0.3, -0.25) is 9.48 Å². The maximum Gasteiger partial charge on any atom is 0.319 e. The van der Waals surface area contributed by atoms with Crippen molar-refractivity contribution in [1.29, 1.82) is 0 Å². The van der Waals surface area contributed by atoms with E-state index in [2.05, 4.69) is 36.5 Å². The van der Waals surface area contributed by atoms with Crippen LogP contribution >= 0.6 is 0 Å². The molecule has 0 radical (unpaired) electrons. The number of carboxylic acid groups (broad SMARTS) is 1. The lowest BCUT2D eigenvalue weighted by atomic mass is 9.86. The summed E-state index contributed by atoms with van der Waals surface area (Å²) in [5.41, 5.74) is 1.79. The molecule has 0 unspecified atom stereocenters. The van der Waals surface area contributed by atoms with Gasteiger partial charge in [-0.2, -0.15) is 5.10 Å². The highest BCUT2D eigenvalue weighted by Gasteiger charge is 2.26. The van der Waals surface area contributed by atoms with Crippen LogP contribution in [0, 0.1) is 11.8 Å². The largest absolute Gasteiger partial charge is 0.481 e. The minimum absolute atomic E-state index is 0.0386. The molecule has 1 aromatic rings. The van der Waals surface area contributed by atoms with Crippen molar-refractivity contribution >= 4 is 17.7 Å². The van der Waals surface area contributed by atoms with Crippen molar-refractivity contribution in [3.05, 3.63) is 11.9 Å². The lowest BCUT2D eigenvalue weighted by Crippen LogP contribution is -2.41. The average Bonchev–Trinajstić information content (AvgIpc) is 2.94. The highest BCUT2D eigenvalue weighted by molar-refractivity contribution is 5.90. The van der Waals surface area contributed by atoms with Crippen molar-refractivity contribution in [3.8, 4) is 0 Å². The first-order valence-electron chi connectivity index (χ1n) is 9.25. The molecule has 7 heteroatoms. The number of carbonyl (C=O) groups is 2. The van der Waals surface area contributed by atoms with E-state index in [1.165, 1.54) is 0 Å². The Morgan fingerprint density at radius 2 is 2.00 bits per heavy atom. The van der Waals surface area contributed by atoms with Gasteiger partial charge in [0.05, 0.1) is 23.5 Å². The lowest BCUT2D eigenvalue weighted by Gasteiger charge is -2.26. The number of hydrogen-bond acceptors (Lipinski definition) is 3. The smallest absolute Gasteiger partial charge is 0.319 e. The molecular weight excluding hydrogens is 320 g/mol. The first kappa shape index (κ1) is 19.3. The summed E-state index contributed by atoms with van der Waals surface area (Å²) >= 11 is 0. The van der Waals surface area contributed by atoms with Crippen LogP contribution in [-0.2, 0) is 17.8 Å². The Labute approximate surface area is 149 Å². The van der Waals surface area contributed by atoms with Crippen LogP contribution in [0.15, 0.2) is 6.20 Å². The number of rotatable bonds is 7. The summed E-state index contributed by atoms with van der Waals surface area (Å²) < 4.78 is 1.97. The van der Waals surface area contributed by atoms with Crippen LogP contribution in [0.2, 0.25) is 0 Å². The molecule has 1 heterocycles. The maximum absolute atomic E-state index is 12.3. The summed E-state index contributed by atoms with van der Waals surface area (Å²) in [6, 6.07) is -0.200. The molecule has 140 valence electrons. The molecule has 0 spiro atoms. The van der Waals surface area contributed by atoms with Gasteiger partial charge in [0.15, 0.2) is 0 Å². The van der Waals surface area contributed by atoms with Crippen LogP contribution in [0.4, 0.5) is 10.5 Å². The zero-order valence-electron chi connectivity index (χ0n) is 15.4. The molecule has 0 saturated heterocycles. The van der Waals surface area contributed by atoms with E-state index in [1.54, 1.807) is 6.20 Å². The van der Waals surface area contributed by atoms with E-state index in [0.29, 0.717) is 31.6 Å². The molecule has 25 heavy (non-hydrogen) atoms. The van der Waals surface area contributed by atoms with Gasteiger partial charge in [-0.25, -0.2) is 4.79 Å². The second-order valence-electron chi connectivity index (χ2n) is 7.25. The maximum atomic E-state index is 12.3. The third-order valence-corrected chi connectivity index (χ3v) is 4.86. The summed E-state index contributed by atoms with van der Waals surface area (Å²) in [6.45, 7) is 7.27. The van der Waals surface area contributed by atoms with E-state index in [0.717, 1.165) is 30.8 Å². The van der Waals surface area contributed by atoms with E-state index in [-0.39, 0.29) is 18.0 Å². The van der Waals surface area contributed by atoms with Crippen LogP contribution in [-0.4, -0.2) is 32.9 Å². The fourth-order valence-corrected chi connectivity index (χ4v) is 3.29. The van der Waals surface area contributed by atoms with Crippen molar-refractivity contribution in [2.75, 3.05) is 5.32 Å². The van der Waals surface area contributed by atoms with Crippen LogP contribution in [0.1, 0.15) is 58.6 Å². The van der Waals surface area contributed by atoms with Crippen molar-refractivity contribution in [2.24, 2.45) is 11.8 Å². The number of aryl methyl sites for hydroxylation is 1. The van der Waals surface area contributed by atoms with Gasteiger partial charge in [-0.1, -0.05) is 20.8 Å². The molecule has 1 aliphatic carbocycles. The lowest BCUT2D eigenvalue weighted by molar-refractivity contribution is -0.142. The molecule has 1 aromatic heterocycles. The zero-order chi connectivity index (χ0) is 18.4. The van der Waals surface area contributed by atoms with E-state index >= 15 is 0 Å². The van der Waals surface area contributed by atoms with Crippen LogP contribution in [0.3, 0.4) is 0 Å². The predicted molar refractivity (Wildman–Crippen MR) is 96.6 cm³/mol. The molecule has 3 N–H and O–H groups in total. The molecule has 1 fully saturated rings. The second kappa shape index (κ2) is 8.87. The van der Waals surface area contributed by atoms with Gasteiger partial charge < -0.3 is 15.7 Å². The normalized spacial score (nSPS) is 20.5. The monoisotopic (exact) mass is 350 g/mol. The number of anilines is 1. The summed E-state index contributed by atoms with van der Waals surface area (Å²) in [5, 5.41) is 19.3. The number of nitrogens with zero attached hydrogens (tertiary/aromatic N) is 2. The summed E-state index contributed by atoms with van der Waals surface area (Å²) in [7, 11) is 0. The Bertz CT molecular complexity index is 589. The first-order valence-corrected chi connectivity index (χ1v) is 9.25. The van der Waals surface area contributed by atoms with E-state index in [1.807, 2.05) is 4.68 Å². The number of carbonyl (C=O) groups excluding carboxylic acids is 1. The Morgan fingerprint density at radius 3 is 2.56 bits per heavy atom. The summed E-state index contributed by atoms with van der Waals surface area (Å²) in [6.07, 6.45) is 6.21. The number of nitrogens with one attached hydrogen (secondary N) is 2. The van der Waals surface area contributed by atoms with Crippen molar-refractivity contribution in [2.45, 2.75) is 71.9 Å². The fourth-order valence-electron chi connectivity index (χ4n) is 3.29. The number of urea groups is 1. The van der Waals surface area contributed by atoms with Crippen molar-refractivity contribution in [1.82, 2.24) is 15.1 Å². The second-order valence-corrected chi connectivity index (χ2v) is 7.25.